The lowest BCUT2D eigenvalue weighted by Gasteiger charge is -2.48. The second-order valence-electron chi connectivity index (χ2n) is 26.7. The van der Waals surface area contributed by atoms with E-state index in [1.54, 1.807) is 6.08 Å². The zero-order chi connectivity index (χ0) is 66.8. The van der Waals surface area contributed by atoms with Crippen molar-refractivity contribution in [2.45, 2.75) is 394 Å². The molecule has 3 fully saturated rings. The normalized spacial score (nSPS) is 27.9. The van der Waals surface area contributed by atoms with Gasteiger partial charge in [0.1, 0.15) is 73.2 Å². The van der Waals surface area contributed by atoms with Crippen molar-refractivity contribution < 1.29 is 89.4 Å². The van der Waals surface area contributed by atoms with Crippen molar-refractivity contribution in [2.75, 3.05) is 26.4 Å². The summed E-state index contributed by atoms with van der Waals surface area (Å²) < 4.78 is 34.3. The van der Waals surface area contributed by atoms with E-state index in [0.29, 0.717) is 12.8 Å². The fourth-order valence-electron chi connectivity index (χ4n) is 12.6. The Morgan fingerprint density at radius 1 is 0.380 bits per heavy atom. The summed E-state index contributed by atoms with van der Waals surface area (Å²) in [6.07, 6.45) is 38.6. The topological polar surface area (TPSA) is 307 Å². The number of aliphatic hydroxyl groups excluding tert-OH is 11. The van der Waals surface area contributed by atoms with Gasteiger partial charge in [0.2, 0.25) is 5.91 Å². The number of aliphatic hydroxyl groups is 11. The molecule has 3 rings (SSSR count). The Kier molecular flexibility index (Phi) is 50.3. The van der Waals surface area contributed by atoms with Gasteiger partial charge in [-0.25, -0.2) is 0 Å². The van der Waals surface area contributed by atoms with E-state index in [1.165, 1.54) is 212 Å². The van der Waals surface area contributed by atoms with Crippen LogP contribution in [0.5, 0.6) is 0 Å². The molecule has 92 heavy (non-hydrogen) atoms. The van der Waals surface area contributed by atoms with E-state index in [4.69, 9.17) is 28.4 Å². The van der Waals surface area contributed by atoms with Crippen molar-refractivity contribution in [3.8, 4) is 0 Å². The van der Waals surface area contributed by atoms with Crippen LogP contribution in [0.2, 0.25) is 0 Å². The SMILES string of the molecule is CCCCCCCCC/C=C/CC/C=C/CC/C=C/C(O)C(COC1OC(CO)C(OC2OC(CO)C(OC3OC(CO)C(O)C(O)C3O)C(O)C2O)C(O)C1O)NC(=O)CCCCCCCCCCCCCCCCCCCCCCCCCCCCCCCC. The Balaban J connectivity index is 1.39. The van der Waals surface area contributed by atoms with E-state index in [0.717, 1.165) is 44.9 Å². The summed E-state index contributed by atoms with van der Waals surface area (Å²) >= 11 is 0. The Hall–Kier alpha value is -1.99. The van der Waals surface area contributed by atoms with Crippen molar-refractivity contribution in [1.29, 1.82) is 0 Å². The quantitative estimate of drug-likeness (QED) is 0.0199. The molecule has 0 aromatic carbocycles. The second kappa shape index (κ2) is 55.0. The van der Waals surface area contributed by atoms with Gasteiger partial charge in [0.25, 0.3) is 0 Å². The van der Waals surface area contributed by atoms with Crippen molar-refractivity contribution >= 4 is 5.91 Å². The van der Waals surface area contributed by atoms with E-state index >= 15 is 0 Å². The number of nitrogens with one attached hydrogen (secondary N) is 1. The Labute approximate surface area is 555 Å². The molecule has 0 aliphatic carbocycles. The lowest BCUT2D eigenvalue weighted by Crippen LogP contribution is -2.66. The fraction of sp³-hybridized carbons (Fsp3) is 0.904. The molecule has 1 amide bonds. The van der Waals surface area contributed by atoms with Crippen LogP contribution in [0, 0.1) is 0 Å². The molecule has 0 radical (unpaired) electrons. The summed E-state index contributed by atoms with van der Waals surface area (Å²) in [5.74, 6) is -0.284. The van der Waals surface area contributed by atoms with Crippen LogP contribution in [0.15, 0.2) is 36.5 Å². The Morgan fingerprint density at radius 2 is 0.696 bits per heavy atom. The molecular weight excluding hydrogens is 1180 g/mol. The molecule has 17 atom stereocenters. The van der Waals surface area contributed by atoms with E-state index in [2.05, 4.69) is 43.5 Å². The van der Waals surface area contributed by atoms with E-state index < -0.39 is 124 Å². The number of carbonyl (C=O) groups is 1. The molecule has 540 valence electrons. The number of hydrogen-bond acceptors (Lipinski definition) is 18. The first-order valence-electron chi connectivity index (χ1n) is 37.2. The number of rotatable bonds is 58. The molecule has 3 heterocycles. The van der Waals surface area contributed by atoms with E-state index in [-0.39, 0.29) is 18.9 Å². The Morgan fingerprint density at radius 3 is 1.09 bits per heavy atom. The standard InChI is InChI=1S/C73H135NO18/c1-3-5-7-9-11-13-15-17-19-21-22-23-24-25-26-27-28-29-30-31-32-33-35-37-39-41-43-45-47-49-51-61(79)74-56(57(78)50-48-46-44-42-40-38-36-34-20-18-16-14-12-10-8-6-4-2)55-87-71-67(85)64(82)69(59(53-76)89-71)92-73-68(86)65(83)70(60(54-77)90-73)91-72-66(84)63(81)62(80)58(52-75)88-72/h20,34,40,42,48,50,56-60,62-73,75-78,80-86H,3-19,21-33,35-39,41,43-47,49,51-55H2,1-2H3,(H,74,79)/b34-20+,42-40+,50-48+. The lowest BCUT2D eigenvalue weighted by molar-refractivity contribution is -0.379. The monoisotopic (exact) mass is 1310 g/mol. The highest BCUT2D eigenvalue weighted by molar-refractivity contribution is 5.76. The molecule has 0 aromatic rings. The third-order valence-corrected chi connectivity index (χ3v) is 18.7. The van der Waals surface area contributed by atoms with Gasteiger partial charge in [-0.1, -0.05) is 275 Å². The highest BCUT2D eigenvalue weighted by atomic mass is 16.8. The van der Waals surface area contributed by atoms with Crippen LogP contribution in [0.1, 0.15) is 290 Å². The highest BCUT2D eigenvalue weighted by Gasteiger charge is 2.53. The lowest BCUT2D eigenvalue weighted by atomic mass is 9.96. The van der Waals surface area contributed by atoms with Crippen LogP contribution in [0.25, 0.3) is 0 Å². The number of unbranched alkanes of at least 4 members (excludes halogenated alkanes) is 38. The summed E-state index contributed by atoms with van der Waals surface area (Å²) in [4.78, 5) is 13.4. The molecule has 0 aromatic heterocycles. The molecule has 0 bridgehead atoms. The molecular formula is C73H135NO18. The first-order chi connectivity index (χ1) is 44.8. The van der Waals surface area contributed by atoms with Gasteiger partial charge < -0.3 is 89.9 Å². The summed E-state index contributed by atoms with van der Waals surface area (Å²) in [5.41, 5.74) is 0. The number of hydrogen-bond donors (Lipinski definition) is 12. The zero-order valence-electron chi connectivity index (χ0n) is 57.3. The zero-order valence-corrected chi connectivity index (χ0v) is 57.3. The molecule has 3 saturated heterocycles. The number of amides is 1. The van der Waals surface area contributed by atoms with Gasteiger partial charge in [0, 0.05) is 6.42 Å². The Bertz CT molecular complexity index is 1810. The van der Waals surface area contributed by atoms with Crippen molar-refractivity contribution in [3.63, 3.8) is 0 Å². The van der Waals surface area contributed by atoms with Crippen molar-refractivity contribution in [2.24, 2.45) is 0 Å². The molecule has 12 N–H and O–H groups in total. The second-order valence-corrected chi connectivity index (χ2v) is 26.7. The van der Waals surface area contributed by atoms with Crippen LogP contribution >= 0.6 is 0 Å². The predicted molar refractivity (Wildman–Crippen MR) is 360 cm³/mol. The fourth-order valence-corrected chi connectivity index (χ4v) is 12.6. The minimum atomic E-state index is -1.98. The van der Waals surface area contributed by atoms with E-state index in [1.807, 2.05) is 6.08 Å². The van der Waals surface area contributed by atoms with Crippen LogP contribution in [0.4, 0.5) is 0 Å². The van der Waals surface area contributed by atoms with Gasteiger partial charge in [0.05, 0.1) is 38.6 Å². The third kappa shape index (κ3) is 36.0. The van der Waals surface area contributed by atoms with Gasteiger partial charge in [-0.05, 0) is 44.9 Å². The van der Waals surface area contributed by atoms with Crippen molar-refractivity contribution in [1.82, 2.24) is 5.32 Å². The van der Waals surface area contributed by atoms with Gasteiger partial charge >= 0.3 is 0 Å². The number of allylic oxidation sites excluding steroid dienone is 5. The van der Waals surface area contributed by atoms with Crippen LogP contribution in [-0.2, 0) is 33.2 Å². The van der Waals surface area contributed by atoms with Gasteiger partial charge in [-0.2, -0.15) is 0 Å². The summed E-state index contributed by atoms with van der Waals surface area (Å²) in [7, 11) is 0. The average molecular weight is 1310 g/mol. The maximum Gasteiger partial charge on any atom is 0.220 e. The van der Waals surface area contributed by atoms with Gasteiger partial charge in [-0.3, -0.25) is 4.79 Å². The van der Waals surface area contributed by atoms with Crippen LogP contribution < -0.4 is 5.32 Å². The first kappa shape index (κ1) is 84.2. The molecule has 3 aliphatic heterocycles. The number of ether oxygens (including phenoxy) is 6. The summed E-state index contributed by atoms with van der Waals surface area (Å²) in [6, 6.07) is -0.994. The minimum absolute atomic E-state index is 0.236. The third-order valence-electron chi connectivity index (χ3n) is 18.7. The van der Waals surface area contributed by atoms with E-state index in [9.17, 15) is 61.0 Å². The molecule has 3 aliphatic rings. The maximum atomic E-state index is 13.4. The van der Waals surface area contributed by atoms with Crippen molar-refractivity contribution in [3.05, 3.63) is 36.5 Å². The summed E-state index contributed by atoms with van der Waals surface area (Å²) in [6.45, 7) is 1.73. The maximum absolute atomic E-state index is 13.4. The molecule has 19 heteroatoms. The molecule has 0 spiro atoms. The molecule has 19 nitrogen and oxygen atoms in total. The number of carbonyl (C=O) groups excluding carboxylic acids is 1. The largest absolute Gasteiger partial charge is 0.394 e. The van der Waals surface area contributed by atoms with Gasteiger partial charge in [0.15, 0.2) is 18.9 Å². The highest BCUT2D eigenvalue weighted by Crippen LogP contribution is 2.33. The summed E-state index contributed by atoms with van der Waals surface area (Å²) in [5, 5.41) is 121. The molecule has 0 saturated carbocycles. The van der Waals surface area contributed by atoms with Gasteiger partial charge in [-0.15, -0.1) is 0 Å². The predicted octanol–water partition coefficient (Wildman–Crippen LogP) is 10.8. The van der Waals surface area contributed by atoms with Crippen LogP contribution in [0.3, 0.4) is 0 Å². The first-order valence-corrected chi connectivity index (χ1v) is 37.2. The van der Waals surface area contributed by atoms with Crippen LogP contribution in [-0.4, -0.2) is 193 Å². The molecule has 17 unspecified atom stereocenters. The average Bonchev–Trinajstić information content (AvgIpc) is 0.839. The smallest absolute Gasteiger partial charge is 0.220 e. The minimum Gasteiger partial charge on any atom is -0.394 e.